The third-order valence-electron chi connectivity index (χ3n) is 3.27. The van der Waals surface area contributed by atoms with Gasteiger partial charge in [-0.2, -0.15) is 0 Å². The number of non-ortho nitro benzene ring substituents is 1. The summed E-state index contributed by atoms with van der Waals surface area (Å²) < 4.78 is 13.6. The molecule has 1 N–H and O–H groups in total. The number of aryl methyl sites for hydroxylation is 3. The van der Waals surface area contributed by atoms with Crippen LogP contribution in [-0.2, 0) is 6.54 Å². The van der Waals surface area contributed by atoms with Gasteiger partial charge in [0.1, 0.15) is 5.82 Å². The Balaban J connectivity index is 2.18. The topological polar surface area (TPSA) is 55.2 Å². The molecule has 2 aromatic carbocycles. The van der Waals surface area contributed by atoms with Crippen LogP contribution in [0.2, 0.25) is 0 Å². The number of nitrogens with one attached hydrogen (secondary N) is 1. The summed E-state index contributed by atoms with van der Waals surface area (Å²) in [5, 5.41) is 14.0. The van der Waals surface area contributed by atoms with Gasteiger partial charge in [-0.25, -0.2) is 4.39 Å². The minimum absolute atomic E-state index is 0.0592. The second kappa shape index (κ2) is 5.91. The molecule has 2 aromatic rings. The fourth-order valence-corrected chi connectivity index (χ4v) is 2.31. The predicted molar refractivity (Wildman–Crippen MR) is 81.0 cm³/mol. The number of hydrogen-bond acceptors (Lipinski definition) is 3. The second-order valence-electron chi connectivity index (χ2n) is 5.21. The molecule has 0 saturated carbocycles. The average Bonchev–Trinajstić information content (AvgIpc) is 2.41. The Labute approximate surface area is 122 Å². The molecule has 0 spiro atoms. The van der Waals surface area contributed by atoms with E-state index in [9.17, 15) is 14.5 Å². The van der Waals surface area contributed by atoms with Gasteiger partial charge in [0.25, 0.3) is 5.69 Å². The number of nitro benzene ring substituents is 1. The highest BCUT2D eigenvalue weighted by Crippen LogP contribution is 2.22. The van der Waals surface area contributed by atoms with Crippen molar-refractivity contribution in [3.63, 3.8) is 0 Å². The van der Waals surface area contributed by atoms with Crippen molar-refractivity contribution in [2.24, 2.45) is 0 Å². The van der Waals surface area contributed by atoms with Gasteiger partial charge < -0.3 is 5.32 Å². The molecule has 0 atom stereocenters. The van der Waals surface area contributed by atoms with Crippen LogP contribution in [0.5, 0.6) is 0 Å². The van der Waals surface area contributed by atoms with E-state index in [1.807, 2.05) is 13.0 Å². The van der Waals surface area contributed by atoms with Crippen molar-refractivity contribution in [1.29, 1.82) is 0 Å². The summed E-state index contributed by atoms with van der Waals surface area (Å²) in [5.74, 6) is -0.190. The molecule has 5 heteroatoms. The molecule has 0 radical (unpaired) electrons. The van der Waals surface area contributed by atoms with Crippen LogP contribution in [-0.4, -0.2) is 4.92 Å². The summed E-state index contributed by atoms with van der Waals surface area (Å²) in [4.78, 5) is 10.4. The zero-order valence-corrected chi connectivity index (χ0v) is 12.2. The van der Waals surface area contributed by atoms with E-state index in [0.717, 1.165) is 11.1 Å². The first kappa shape index (κ1) is 15.0. The monoisotopic (exact) mass is 288 g/mol. The van der Waals surface area contributed by atoms with Crippen molar-refractivity contribution < 1.29 is 9.31 Å². The van der Waals surface area contributed by atoms with Crippen LogP contribution in [0.25, 0.3) is 0 Å². The second-order valence-corrected chi connectivity index (χ2v) is 5.21. The minimum atomic E-state index is -0.412. The molecule has 110 valence electrons. The number of nitrogens with zero attached hydrogens (tertiary/aromatic N) is 1. The molecule has 0 aliphatic carbocycles. The first-order valence-electron chi connectivity index (χ1n) is 6.62. The van der Waals surface area contributed by atoms with Gasteiger partial charge in [0.2, 0.25) is 0 Å². The van der Waals surface area contributed by atoms with Gasteiger partial charge in [-0.1, -0.05) is 12.1 Å². The lowest BCUT2D eigenvalue weighted by Gasteiger charge is -2.10. The van der Waals surface area contributed by atoms with Gasteiger partial charge in [0.15, 0.2) is 0 Å². The van der Waals surface area contributed by atoms with Crippen molar-refractivity contribution in [2.45, 2.75) is 27.3 Å². The predicted octanol–water partition coefficient (Wildman–Crippen LogP) is 4.27. The largest absolute Gasteiger partial charge is 0.381 e. The van der Waals surface area contributed by atoms with E-state index in [4.69, 9.17) is 0 Å². The molecule has 0 fully saturated rings. The summed E-state index contributed by atoms with van der Waals surface area (Å²) in [6.07, 6.45) is 0. The van der Waals surface area contributed by atoms with E-state index in [2.05, 4.69) is 5.32 Å². The Bertz CT molecular complexity index is 676. The van der Waals surface area contributed by atoms with Crippen molar-refractivity contribution in [3.8, 4) is 0 Å². The summed E-state index contributed by atoms with van der Waals surface area (Å²) in [6.45, 7) is 5.75. The zero-order valence-electron chi connectivity index (χ0n) is 12.2. The Kier molecular flexibility index (Phi) is 4.21. The van der Waals surface area contributed by atoms with Crippen LogP contribution in [0, 0.1) is 36.7 Å². The Morgan fingerprint density at radius 2 is 1.71 bits per heavy atom. The van der Waals surface area contributed by atoms with Crippen LogP contribution in [0.4, 0.5) is 15.8 Å². The molecular weight excluding hydrogens is 271 g/mol. The fraction of sp³-hybridized carbons (Fsp3) is 0.250. The zero-order chi connectivity index (χ0) is 15.6. The van der Waals surface area contributed by atoms with Crippen molar-refractivity contribution in [3.05, 3.63) is 68.5 Å². The molecule has 0 aromatic heterocycles. The van der Waals surface area contributed by atoms with Gasteiger partial charge in [-0.05, 0) is 49.1 Å². The smallest absolute Gasteiger partial charge is 0.271 e. The van der Waals surface area contributed by atoms with Crippen LogP contribution < -0.4 is 5.32 Å². The maximum atomic E-state index is 13.6. The van der Waals surface area contributed by atoms with Crippen molar-refractivity contribution in [2.75, 3.05) is 5.32 Å². The van der Waals surface area contributed by atoms with Gasteiger partial charge in [0.05, 0.1) is 4.92 Å². The highest BCUT2D eigenvalue weighted by atomic mass is 19.1. The quantitative estimate of drug-likeness (QED) is 0.675. The molecule has 0 aliphatic rings. The molecule has 0 aliphatic heterocycles. The van der Waals surface area contributed by atoms with E-state index in [1.54, 1.807) is 26.0 Å². The van der Waals surface area contributed by atoms with Crippen LogP contribution in [0.15, 0.2) is 30.3 Å². The maximum absolute atomic E-state index is 13.6. The number of anilines is 1. The van der Waals surface area contributed by atoms with Crippen LogP contribution in [0.3, 0.4) is 0 Å². The minimum Gasteiger partial charge on any atom is -0.381 e. The lowest BCUT2D eigenvalue weighted by atomic mass is 10.1. The molecule has 0 saturated heterocycles. The molecule has 0 unspecified atom stereocenters. The van der Waals surface area contributed by atoms with E-state index in [0.29, 0.717) is 23.4 Å². The number of halogens is 1. The van der Waals surface area contributed by atoms with Crippen molar-refractivity contribution in [1.82, 2.24) is 0 Å². The molecule has 21 heavy (non-hydrogen) atoms. The van der Waals surface area contributed by atoms with Gasteiger partial charge in [0, 0.05) is 24.4 Å². The Hall–Kier alpha value is -2.43. The summed E-state index contributed by atoms with van der Waals surface area (Å²) >= 11 is 0. The first-order valence-corrected chi connectivity index (χ1v) is 6.62. The SMILES string of the molecule is Cc1cc(NCc2cc(C)c(F)c(C)c2)cc([N+](=O)[O-])c1. The van der Waals surface area contributed by atoms with E-state index < -0.39 is 4.92 Å². The summed E-state index contributed by atoms with van der Waals surface area (Å²) in [6, 6.07) is 8.42. The van der Waals surface area contributed by atoms with Crippen LogP contribution >= 0.6 is 0 Å². The number of benzene rings is 2. The van der Waals surface area contributed by atoms with E-state index in [1.165, 1.54) is 12.1 Å². The van der Waals surface area contributed by atoms with E-state index in [-0.39, 0.29) is 11.5 Å². The Morgan fingerprint density at radius 1 is 1.10 bits per heavy atom. The van der Waals surface area contributed by atoms with Gasteiger partial charge in [-0.3, -0.25) is 10.1 Å². The van der Waals surface area contributed by atoms with Crippen LogP contribution in [0.1, 0.15) is 22.3 Å². The van der Waals surface area contributed by atoms with Gasteiger partial charge >= 0.3 is 0 Å². The summed E-state index contributed by atoms with van der Waals surface area (Å²) in [5.41, 5.74) is 3.70. The number of nitro groups is 1. The summed E-state index contributed by atoms with van der Waals surface area (Å²) in [7, 11) is 0. The molecule has 0 amide bonds. The third kappa shape index (κ3) is 3.56. The number of rotatable bonds is 4. The fourth-order valence-electron chi connectivity index (χ4n) is 2.31. The van der Waals surface area contributed by atoms with E-state index >= 15 is 0 Å². The molecule has 2 rings (SSSR count). The number of hydrogen-bond donors (Lipinski definition) is 1. The maximum Gasteiger partial charge on any atom is 0.271 e. The standard InChI is InChI=1S/C16H17FN2O2/c1-10-4-14(8-15(5-10)19(20)21)18-9-13-6-11(2)16(17)12(3)7-13/h4-8,18H,9H2,1-3H3. The van der Waals surface area contributed by atoms with Crippen molar-refractivity contribution >= 4 is 11.4 Å². The lowest BCUT2D eigenvalue weighted by molar-refractivity contribution is -0.384. The lowest BCUT2D eigenvalue weighted by Crippen LogP contribution is -2.02. The molecular formula is C16H17FN2O2. The molecule has 0 heterocycles. The Morgan fingerprint density at radius 3 is 2.29 bits per heavy atom. The molecule has 0 bridgehead atoms. The average molecular weight is 288 g/mol. The first-order chi connectivity index (χ1) is 9.86. The highest BCUT2D eigenvalue weighted by molar-refractivity contribution is 5.54. The highest BCUT2D eigenvalue weighted by Gasteiger charge is 2.08. The molecule has 4 nitrogen and oxygen atoms in total. The van der Waals surface area contributed by atoms with Gasteiger partial charge in [-0.15, -0.1) is 0 Å². The normalized spacial score (nSPS) is 10.5. The third-order valence-corrected chi connectivity index (χ3v) is 3.27.